The van der Waals surface area contributed by atoms with Gasteiger partial charge >= 0.3 is 6.18 Å². The molecule has 1 aliphatic heterocycles. The van der Waals surface area contributed by atoms with E-state index in [1.54, 1.807) is 0 Å². The van der Waals surface area contributed by atoms with Crippen LogP contribution in [0.2, 0.25) is 0 Å². The van der Waals surface area contributed by atoms with E-state index in [0.29, 0.717) is 18.6 Å². The van der Waals surface area contributed by atoms with E-state index in [0.717, 1.165) is 25.9 Å². The summed E-state index contributed by atoms with van der Waals surface area (Å²) in [6, 6.07) is 0. The van der Waals surface area contributed by atoms with Crippen molar-refractivity contribution in [1.29, 1.82) is 0 Å². The zero-order valence-electron chi connectivity index (χ0n) is 10.8. The van der Waals surface area contributed by atoms with E-state index in [1.807, 2.05) is 0 Å². The molecule has 1 unspecified atom stereocenters. The predicted octanol–water partition coefficient (Wildman–Crippen LogP) is 5.01. The van der Waals surface area contributed by atoms with E-state index in [9.17, 15) is 13.2 Å². The first-order valence-electron chi connectivity index (χ1n) is 6.94. The molecule has 0 aromatic carbocycles. The number of allylic oxidation sites excluding steroid dienone is 2. The second-order valence-electron chi connectivity index (χ2n) is 4.95. The third-order valence-corrected chi connectivity index (χ3v) is 3.11. The normalized spacial score (nSPS) is 19.6. The summed E-state index contributed by atoms with van der Waals surface area (Å²) in [5, 5.41) is 0. The topological polar surface area (TPSA) is 12.5 Å². The molecule has 0 N–H and O–H groups in total. The van der Waals surface area contributed by atoms with Gasteiger partial charge in [0.1, 0.15) is 0 Å². The van der Waals surface area contributed by atoms with E-state index < -0.39 is 6.18 Å². The maximum absolute atomic E-state index is 11.8. The van der Waals surface area contributed by atoms with Crippen molar-refractivity contribution in [3.63, 3.8) is 0 Å². The Bertz CT molecular complexity index is 232. The van der Waals surface area contributed by atoms with Crippen LogP contribution in [-0.4, -0.2) is 18.9 Å². The molecule has 18 heavy (non-hydrogen) atoms. The number of hydrogen-bond donors (Lipinski definition) is 0. The van der Waals surface area contributed by atoms with Gasteiger partial charge in [0, 0.05) is 6.08 Å². The molecule has 0 amide bonds. The van der Waals surface area contributed by atoms with Gasteiger partial charge in [0.2, 0.25) is 0 Å². The molecule has 1 fully saturated rings. The van der Waals surface area contributed by atoms with Crippen molar-refractivity contribution in [2.24, 2.45) is 0 Å². The lowest BCUT2D eigenvalue weighted by Crippen LogP contribution is -2.00. The molecule has 0 aromatic rings. The van der Waals surface area contributed by atoms with Crippen molar-refractivity contribution in [2.75, 3.05) is 6.61 Å². The summed E-state index contributed by atoms with van der Waals surface area (Å²) in [6.45, 7) is 0.950. The third-order valence-electron chi connectivity index (χ3n) is 3.11. The van der Waals surface area contributed by atoms with E-state index >= 15 is 0 Å². The maximum Gasteiger partial charge on any atom is 0.409 e. The number of alkyl halides is 3. The molecule has 1 atom stereocenters. The molecule has 106 valence electrons. The summed E-state index contributed by atoms with van der Waals surface area (Å²) < 4.78 is 40.4. The van der Waals surface area contributed by atoms with Crippen LogP contribution in [-0.2, 0) is 4.74 Å². The molecule has 1 rings (SSSR count). The smallest absolute Gasteiger partial charge is 0.373 e. The summed E-state index contributed by atoms with van der Waals surface area (Å²) in [4.78, 5) is 0. The van der Waals surface area contributed by atoms with Gasteiger partial charge in [-0.2, -0.15) is 13.2 Å². The minimum Gasteiger partial charge on any atom is -0.373 e. The Morgan fingerprint density at radius 3 is 2.06 bits per heavy atom. The lowest BCUT2D eigenvalue weighted by atomic mass is 10.1. The SMILES string of the molecule is FC(F)(F)C=CCCCCCCCCCC1CO1. The van der Waals surface area contributed by atoms with Crippen molar-refractivity contribution in [1.82, 2.24) is 0 Å². The molecule has 0 radical (unpaired) electrons. The van der Waals surface area contributed by atoms with Crippen molar-refractivity contribution in [2.45, 2.75) is 70.1 Å². The van der Waals surface area contributed by atoms with Crippen LogP contribution in [0.15, 0.2) is 12.2 Å². The van der Waals surface area contributed by atoms with E-state index in [2.05, 4.69) is 0 Å². The maximum atomic E-state index is 11.8. The van der Waals surface area contributed by atoms with Gasteiger partial charge in [0.05, 0.1) is 12.7 Å². The van der Waals surface area contributed by atoms with E-state index in [4.69, 9.17) is 4.74 Å². The molecular weight excluding hydrogens is 241 g/mol. The van der Waals surface area contributed by atoms with Crippen LogP contribution >= 0.6 is 0 Å². The Morgan fingerprint density at radius 1 is 0.944 bits per heavy atom. The number of epoxide rings is 1. The number of unbranched alkanes of at least 4 members (excludes halogenated alkanes) is 7. The van der Waals surface area contributed by atoms with Crippen LogP contribution in [0.5, 0.6) is 0 Å². The first-order valence-corrected chi connectivity index (χ1v) is 6.94. The zero-order valence-corrected chi connectivity index (χ0v) is 10.8. The van der Waals surface area contributed by atoms with E-state index in [1.165, 1.54) is 38.2 Å². The fourth-order valence-electron chi connectivity index (χ4n) is 1.97. The van der Waals surface area contributed by atoms with Crippen LogP contribution in [0.3, 0.4) is 0 Å². The molecule has 0 aliphatic carbocycles. The molecule has 4 heteroatoms. The van der Waals surface area contributed by atoms with Gasteiger partial charge in [-0.15, -0.1) is 0 Å². The quantitative estimate of drug-likeness (QED) is 0.307. The van der Waals surface area contributed by atoms with E-state index in [-0.39, 0.29) is 0 Å². The van der Waals surface area contributed by atoms with Gasteiger partial charge in [-0.05, 0) is 19.3 Å². The highest BCUT2D eigenvalue weighted by Gasteiger charge is 2.21. The number of ether oxygens (including phenoxy) is 1. The molecule has 0 bridgehead atoms. The van der Waals surface area contributed by atoms with Crippen LogP contribution < -0.4 is 0 Å². The van der Waals surface area contributed by atoms with Crippen LogP contribution in [0, 0.1) is 0 Å². The fraction of sp³-hybridized carbons (Fsp3) is 0.857. The van der Waals surface area contributed by atoms with Crippen molar-refractivity contribution in [3.05, 3.63) is 12.2 Å². The summed E-state index contributed by atoms with van der Waals surface area (Å²) in [6.07, 6.45) is 7.70. The Kier molecular flexibility index (Phi) is 7.40. The van der Waals surface area contributed by atoms with Crippen LogP contribution in [0.4, 0.5) is 13.2 Å². The summed E-state index contributed by atoms with van der Waals surface area (Å²) in [5.41, 5.74) is 0. The van der Waals surface area contributed by atoms with Gasteiger partial charge in [-0.1, -0.05) is 44.6 Å². The predicted molar refractivity (Wildman–Crippen MR) is 66.5 cm³/mol. The fourth-order valence-corrected chi connectivity index (χ4v) is 1.97. The molecule has 0 spiro atoms. The summed E-state index contributed by atoms with van der Waals surface area (Å²) in [5.74, 6) is 0. The minimum absolute atomic E-state index is 0.340. The molecule has 1 nitrogen and oxygen atoms in total. The zero-order chi connectivity index (χ0) is 13.3. The van der Waals surface area contributed by atoms with Crippen LogP contribution in [0.1, 0.15) is 57.8 Å². The summed E-state index contributed by atoms with van der Waals surface area (Å²) in [7, 11) is 0. The van der Waals surface area contributed by atoms with Gasteiger partial charge in [0.15, 0.2) is 0 Å². The van der Waals surface area contributed by atoms with Gasteiger partial charge < -0.3 is 4.74 Å². The average Bonchev–Trinajstić information content (AvgIpc) is 3.08. The monoisotopic (exact) mass is 264 g/mol. The van der Waals surface area contributed by atoms with Crippen molar-refractivity contribution >= 4 is 0 Å². The third kappa shape index (κ3) is 10.6. The number of halogens is 3. The highest BCUT2D eigenvalue weighted by molar-refractivity contribution is 4.88. The lowest BCUT2D eigenvalue weighted by molar-refractivity contribution is -0.0800. The number of hydrogen-bond acceptors (Lipinski definition) is 1. The first-order chi connectivity index (χ1) is 8.58. The first kappa shape index (κ1) is 15.5. The minimum atomic E-state index is -4.15. The highest BCUT2D eigenvalue weighted by Crippen LogP contribution is 2.19. The van der Waals surface area contributed by atoms with Gasteiger partial charge in [-0.3, -0.25) is 0 Å². The van der Waals surface area contributed by atoms with Gasteiger partial charge in [-0.25, -0.2) is 0 Å². The van der Waals surface area contributed by atoms with Crippen LogP contribution in [0.25, 0.3) is 0 Å². The lowest BCUT2D eigenvalue weighted by Gasteiger charge is -2.01. The molecule has 1 heterocycles. The molecule has 1 saturated heterocycles. The standard InChI is InChI=1S/C14H23F3O/c15-14(16,17)11-9-7-5-3-1-2-4-6-8-10-13-12-18-13/h9,11,13H,1-8,10,12H2. The molecule has 1 aliphatic rings. The Balaban J connectivity index is 1.74. The van der Waals surface area contributed by atoms with Gasteiger partial charge in [0.25, 0.3) is 0 Å². The second-order valence-corrected chi connectivity index (χ2v) is 4.95. The summed E-state index contributed by atoms with van der Waals surface area (Å²) >= 11 is 0. The van der Waals surface area contributed by atoms with Crippen molar-refractivity contribution < 1.29 is 17.9 Å². The Labute approximate surface area is 107 Å². The highest BCUT2D eigenvalue weighted by atomic mass is 19.4. The Hall–Kier alpha value is -0.510. The molecule has 0 saturated carbocycles. The Morgan fingerprint density at radius 2 is 1.50 bits per heavy atom. The molecular formula is C14H23F3O. The molecule has 0 aromatic heterocycles. The number of rotatable bonds is 10. The van der Waals surface area contributed by atoms with Crippen molar-refractivity contribution in [3.8, 4) is 0 Å². The second kappa shape index (κ2) is 8.57. The largest absolute Gasteiger partial charge is 0.409 e. The average molecular weight is 264 g/mol.